The lowest BCUT2D eigenvalue weighted by Crippen LogP contribution is -2.46. The molecule has 29 heavy (non-hydrogen) atoms. The first-order valence-corrected chi connectivity index (χ1v) is 10.4. The molecule has 0 bridgehead atoms. The van der Waals surface area contributed by atoms with Crippen LogP contribution in [0.5, 0.6) is 5.75 Å². The second kappa shape index (κ2) is 8.65. The van der Waals surface area contributed by atoms with Crippen molar-refractivity contribution in [2.24, 2.45) is 5.92 Å². The predicted octanol–water partition coefficient (Wildman–Crippen LogP) is 2.50. The number of rotatable bonds is 6. The molecule has 1 fully saturated rings. The number of hydrazine groups is 1. The fourth-order valence-corrected chi connectivity index (χ4v) is 4.25. The molecular weight excluding hydrogens is 390 g/mol. The normalized spacial score (nSPS) is 23.1. The Morgan fingerprint density at radius 2 is 2.07 bits per heavy atom. The Morgan fingerprint density at radius 1 is 1.28 bits per heavy atom. The highest BCUT2D eigenvalue weighted by atomic mass is 35.5. The lowest BCUT2D eigenvalue weighted by molar-refractivity contribution is -0.123. The number of hydrogen-bond donors (Lipinski definition) is 3. The van der Waals surface area contributed by atoms with Gasteiger partial charge in [0.25, 0.3) is 0 Å². The minimum Gasteiger partial charge on any atom is -0.486 e. The minimum atomic E-state index is -0.212. The van der Waals surface area contributed by atoms with E-state index in [-0.39, 0.29) is 18.1 Å². The lowest BCUT2D eigenvalue weighted by Gasteiger charge is -2.15. The number of carbonyl (C=O) groups excluding carboxylic acids is 1. The summed E-state index contributed by atoms with van der Waals surface area (Å²) in [4.78, 5) is 20.6. The number of fused-ring (bicyclic) bond motifs is 1. The number of aromatic nitrogens is 2. The van der Waals surface area contributed by atoms with Crippen LogP contribution in [-0.2, 0) is 11.2 Å². The summed E-state index contributed by atoms with van der Waals surface area (Å²) in [6, 6.07) is 4.04. The number of halogens is 1. The van der Waals surface area contributed by atoms with E-state index in [4.69, 9.17) is 16.3 Å². The number of hydrogen-bond acceptors (Lipinski definition) is 6. The fourth-order valence-electron chi connectivity index (χ4n) is 3.97. The number of carbonyl (C=O) groups is 1. The lowest BCUT2D eigenvalue weighted by atomic mass is 10.00. The SMILES string of the molecule is CC(C)CC1CC(C(=O)NCC2Cc3cc(-c4cncnc4)cc(Cl)c3O2)NN1. The second-order valence-electron chi connectivity index (χ2n) is 8.17. The molecule has 3 N–H and O–H groups in total. The molecule has 1 aromatic carbocycles. The molecular formula is C21H26ClN5O2. The molecule has 1 amide bonds. The third-order valence-electron chi connectivity index (χ3n) is 5.30. The van der Waals surface area contributed by atoms with E-state index >= 15 is 0 Å². The van der Waals surface area contributed by atoms with Gasteiger partial charge in [0.1, 0.15) is 24.2 Å². The molecule has 1 saturated heterocycles. The van der Waals surface area contributed by atoms with Crippen LogP contribution in [0.2, 0.25) is 5.02 Å². The Kier molecular flexibility index (Phi) is 5.99. The van der Waals surface area contributed by atoms with Gasteiger partial charge in [-0.2, -0.15) is 0 Å². The van der Waals surface area contributed by atoms with Gasteiger partial charge < -0.3 is 10.1 Å². The molecule has 3 heterocycles. The molecule has 154 valence electrons. The second-order valence-corrected chi connectivity index (χ2v) is 8.57. The molecule has 8 heteroatoms. The third kappa shape index (κ3) is 4.69. The summed E-state index contributed by atoms with van der Waals surface area (Å²) in [5, 5.41) is 3.57. The Hall–Kier alpha value is -2.22. The first-order valence-electron chi connectivity index (χ1n) is 10.0. The van der Waals surface area contributed by atoms with Gasteiger partial charge in [-0.3, -0.25) is 10.2 Å². The van der Waals surface area contributed by atoms with Crippen molar-refractivity contribution in [3.05, 3.63) is 41.4 Å². The van der Waals surface area contributed by atoms with Crippen molar-refractivity contribution in [3.63, 3.8) is 0 Å². The summed E-state index contributed by atoms with van der Waals surface area (Å²) >= 11 is 6.44. The van der Waals surface area contributed by atoms with E-state index in [9.17, 15) is 4.79 Å². The van der Waals surface area contributed by atoms with Crippen molar-refractivity contribution in [1.29, 1.82) is 0 Å². The van der Waals surface area contributed by atoms with E-state index in [1.807, 2.05) is 6.07 Å². The summed E-state index contributed by atoms with van der Waals surface area (Å²) in [5.41, 5.74) is 9.22. The number of nitrogens with zero attached hydrogens (tertiary/aromatic N) is 2. The van der Waals surface area contributed by atoms with Crippen molar-refractivity contribution in [1.82, 2.24) is 26.1 Å². The van der Waals surface area contributed by atoms with E-state index in [0.717, 1.165) is 29.5 Å². The smallest absolute Gasteiger partial charge is 0.238 e. The topological polar surface area (TPSA) is 88.2 Å². The Labute approximate surface area is 175 Å². The molecule has 2 aliphatic rings. The van der Waals surface area contributed by atoms with Gasteiger partial charge in [0, 0.05) is 36.0 Å². The van der Waals surface area contributed by atoms with E-state index in [2.05, 4.69) is 46.1 Å². The average Bonchev–Trinajstić information content (AvgIpc) is 3.33. The number of ether oxygens (including phenoxy) is 1. The van der Waals surface area contributed by atoms with Crippen molar-refractivity contribution in [3.8, 4) is 16.9 Å². The zero-order chi connectivity index (χ0) is 20.4. The zero-order valence-electron chi connectivity index (χ0n) is 16.6. The van der Waals surface area contributed by atoms with E-state index in [0.29, 0.717) is 35.7 Å². The van der Waals surface area contributed by atoms with Crippen LogP contribution in [0.25, 0.3) is 11.1 Å². The van der Waals surface area contributed by atoms with Gasteiger partial charge >= 0.3 is 0 Å². The van der Waals surface area contributed by atoms with Gasteiger partial charge in [-0.15, -0.1) is 0 Å². The molecule has 0 radical (unpaired) electrons. The van der Waals surface area contributed by atoms with Crippen molar-refractivity contribution in [2.45, 2.75) is 51.3 Å². The largest absolute Gasteiger partial charge is 0.486 e. The summed E-state index contributed by atoms with van der Waals surface area (Å²) < 4.78 is 6.00. The quantitative estimate of drug-likeness (QED) is 0.671. The van der Waals surface area contributed by atoms with Crippen molar-refractivity contribution in [2.75, 3.05) is 6.54 Å². The minimum absolute atomic E-state index is 0.00321. The Bertz CT molecular complexity index is 877. The maximum atomic E-state index is 12.5. The van der Waals surface area contributed by atoms with Crippen LogP contribution in [-0.4, -0.2) is 40.6 Å². The maximum Gasteiger partial charge on any atom is 0.238 e. The highest BCUT2D eigenvalue weighted by Crippen LogP contribution is 2.39. The van der Waals surface area contributed by atoms with Gasteiger partial charge in [-0.25, -0.2) is 15.4 Å². The molecule has 3 unspecified atom stereocenters. The molecule has 0 saturated carbocycles. The zero-order valence-corrected chi connectivity index (χ0v) is 17.4. The monoisotopic (exact) mass is 415 g/mol. The first kappa shape index (κ1) is 20.1. The third-order valence-corrected chi connectivity index (χ3v) is 5.59. The fraction of sp³-hybridized carbons (Fsp3) is 0.476. The van der Waals surface area contributed by atoms with Crippen molar-refractivity contribution >= 4 is 17.5 Å². The van der Waals surface area contributed by atoms with Gasteiger partial charge in [-0.1, -0.05) is 25.4 Å². The highest BCUT2D eigenvalue weighted by Gasteiger charge is 2.31. The van der Waals surface area contributed by atoms with Gasteiger partial charge in [0.15, 0.2) is 0 Å². The van der Waals surface area contributed by atoms with E-state index in [1.54, 1.807) is 12.4 Å². The molecule has 0 spiro atoms. The Morgan fingerprint density at radius 3 is 2.83 bits per heavy atom. The van der Waals surface area contributed by atoms with E-state index < -0.39 is 0 Å². The number of benzene rings is 1. The summed E-state index contributed by atoms with van der Waals surface area (Å²) in [5.74, 6) is 1.29. The van der Waals surface area contributed by atoms with Gasteiger partial charge in [0.05, 0.1) is 11.6 Å². The van der Waals surface area contributed by atoms with Crippen LogP contribution in [0.15, 0.2) is 30.9 Å². The van der Waals surface area contributed by atoms with Crippen LogP contribution < -0.4 is 20.9 Å². The molecule has 4 rings (SSSR count). The molecule has 2 aromatic rings. The van der Waals surface area contributed by atoms with E-state index in [1.165, 1.54) is 6.33 Å². The summed E-state index contributed by atoms with van der Waals surface area (Å²) in [6.45, 7) is 4.82. The summed E-state index contributed by atoms with van der Waals surface area (Å²) in [6.07, 6.45) is 7.43. The molecule has 0 aliphatic carbocycles. The number of amides is 1. The molecule has 3 atom stereocenters. The van der Waals surface area contributed by atoms with Gasteiger partial charge in [-0.05, 0) is 36.5 Å². The highest BCUT2D eigenvalue weighted by molar-refractivity contribution is 6.32. The Balaban J connectivity index is 1.33. The van der Waals surface area contributed by atoms with Crippen molar-refractivity contribution < 1.29 is 9.53 Å². The number of nitrogens with one attached hydrogen (secondary N) is 3. The van der Waals surface area contributed by atoms with Crippen LogP contribution in [0.4, 0.5) is 0 Å². The molecule has 1 aromatic heterocycles. The summed E-state index contributed by atoms with van der Waals surface area (Å²) in [7, 11) is 0. The standard InChI is InChI=1S/C21H26ClN5O2/c1-12(2)3-16-7-19(27-26-16)21(28)25-10-17-5-14-4-13(6-18(22)20(14)29-17)15-8-23-11-24-9-15/h4,6,8-9,11-12,16-17,19,26-27H,3,5,7,10H2,1-2H3,(H,25,28). The van der Waals surface area contributed by atoms with Crippen LogP contribution in [0.3, 0.4) is 0 Å². The van der Waals surface area contributed by atoms with Crippen LogP contribution in [0, 0.1) is 5.92 Å². The van der Waals surface area contributed by atoms with Crippen LogP contribution >= 0.6 is 11.6 Å². The average molecular weight is 416 g/mol. The predicted molar refractivity (Wildman–Crippen MR) is 112 cm³/mol. The first-order chi connectivity index (χ1) is 14.0. The molecule has 2 aliphatic heterocycles. The van der Waals surface area contributed by atoms with Gasteiger partial charge in [0.2, 0.25) is 5.91 Å². The maximum absolute atomic E-state index is 12.5. The molecule has 7 nitrogen and oxygen atoms in total. The van der Waals surface area contributed by atoms with Crippen LogP contribution in [0.1, 0.15) is 32.3 Å².